The molecule has 39 heavy (non-hydrogen) atoms. The first kappa shape index (κ1) is 28.6. The predicted molar refractivity (Wildman–Crippen MR) is 148 cm³/mol. The molecule has 0 saturated heterocycles. The Morgan fingerprint density at radius 3 is 2.62 bits per heavy atom. The topological polar surface area (TPSA) is 98.4 Å². The molecule has 1 fully saturated rings. The Kier molecular flexibility index (Phi) is 8.09. The van der Waals surface area contributed by atoms with Crippen LogP contribution in [0.5, 0.6) is 5.75 Å². The van der Waals surface area contributed by atoms with Gasteiger partial charge in [0.2, 0.25) is 0 Å². The number of nitrogens with zero attached hydrogens (tertiary/aromatic N) is 1. The van der Waals surface area contributed by atoms with Crippen molar-refractivity contribution in [2.45, 2.75) is 61.8 Å². The summed E-state index contributed by atoms with van der Waals surface area (Å²) in [5, 5.41) is 7.19. The first-order valence-corrected chi connectivity index (χ1v) is 14.5. The van der Waals surface area contributed by atoms with Crippen LogP contribution < -0.4 is 21.1 Å². The number of hydrogen-bond acceptors (Lipinski definition) is 6. The molecule has 3 aromatic rings. The van der Waals surface area contributed by atoms with Crippen LogP contribution in [-0.4, -0.2) is 50.7 Å². The van der Waals surface area contributed by atoms with Gasteiger partial charge in [-0.3, -0.25) is 0 Å². The summed E-state index contributed by atoms with van der Waals surface area (Å²) in [6.07, 6.45) is 0.532. The second kappa shape index (κ2) is 11.0. The van der Waals surface area contributed by atoms with E-state index in [4.69, 9.17) is 10.5 Å². The maximum Gasteiger partial charge on any atom is 0.406 e. The van der Waals surface area contributed by atoms with E-state index in [1.807, 2.05) is 13.0 Å². The third kappa shape index (κ3) is 6.81. The number of aromatic nitrogens is 1. The van der Waals surface area contributed by atoms with Crippen LogP contribution in [-0.2, 0) is 16.4 Å². The molecule has 11 heteroatoms. The second-order valence-corrected chi connectivity index (χ2v) is 12.2. The monoisotopic (exact) mass is 562 g/mol. The fourth-order valence-corrected chi connectivity index (χ4v) is 5.61. The summed E-state index contributed by atoms with van der Waals surface area (Å²) < 4.78 is 70.7. The maximum atomic E-state index is 13.5. The molecular weight excluding hydrogens is 529 g/mol. The van der Waals surface area contributed by atoms with Gasteiger partial charge in [0.15, 0.2) is 9.84 Å². The molecule has 7 nitrogen and oxygen atoms in total. The SMILES string of the molecule is COc1cc(S(C)(=O)=O)ccc1NCC#Cc1cc2c(N[C@@H]3CCCC[C@@]3(C)N)cccc2n1CC(F)(F)F. The molecule has 0 aliphatic heterocycles. The van der Waals surface area contributed by atoms with E-state index in [0.717, 1.165) is 37.6 Å². The normalized spacial score (nSPS) is 19.8. The maximum absolute atomic E-state index is 13.5. The molecule has 1 saturated carbocycles. The Balaban J connectivity index is 1.63. The lowest BCUT2D eigenvalue weighted by Crippen LogP contribution is -2.53. The molecule has 4 rings (SSSR count). The molecule has 1 aliphatic rings. The molecule has 0 bridgehead atoms. The van der Waals surface area contributed by atoms with E-state index in [1.54, 1.807) is 24.3 Å². The molecule has 1 aliphatic carbocycles. The van der Waals surface area contributed by atoms with Crippen LogP contribution in [0.2, 0.25) is 0 Å². The molecule has 0 unspecified atom stereocenters. The van der Waals surface area contributed by atoms with Crippen LogP contribution in [0.1, 0.15) is 38.3 Å². The Hall–Kier alpha value is -3.36. The minimum Gasteiger partial charge on any atom is -0.495 e. The highest BCUT2D eigenvalue weighted by Crippen LogP contribution is 2.34. The number of nitrogens with two attached hydrogens (primary N) is 1. The summed E-state index contributed by atoms with van der Waals surface area (Å²) in [5.74, 6) is 6.08. The molecule has 0 spiro atoms. The lowest BCUT2D eigenvalue weighted by Gasteiger charge is -2.39. The standard InChI is InChI=1S/C28H33F3N4O3S/c1-27(32)14-5-4-11-26(27)34-22-9-6-10-24-21(22)16-19(35(24)18-28(29,30)31)8-7-15-33-23-13-12-20(39(3,36)37)17-25(23)38-2/h6,9-10,12-13,16-17,26,33-34H,4-5,11,14-15,18,32H2,1-3H3/t26-,27-/m1/s1. The number of halogens is 3. The summed E-state index contributed by atoms with van der Waals surface area (Å²) in [6, 6.07) is 11.3. The van der Waals surface area contributed by atoms with Gasteiger partial charge >= 0.3 is 6.18 Å². The number of methoxy groups -OCH3 is 1. The van der Waals surface area contributed by atoms with E-state index in [9.17, 15) is 21.6 Å². The van der Waals surface area contributed by atoms with E-state index in [0.29, 0.717) is 22.3 Å². The molecular formula is C28H33F3N4O3S. The van der Waals surface area contributed by atoms with Crippen molar-refractivity contribution in [3.63, 3.8) is 0 Å². The molecule has 2 aromatic carbocycles. The van der Waals surface area contributed by atoms with E-state index >= 15 is 0 Å². The zero-order valence-corrected chi connectivity index (χ0v) is 23.0. The number of hydrogen-bond donors (Lipinski definition) is 3. The molecule has 1 aromatic heterocycles. The van der Waals surface area contributed by atoms with Crippen molar-refractivity contribution in [1.29, 1.82) is 0 Å². The Bertz CT molecular complexity index is 1520. The zero-order chi connectivity index (χ0) is 28.4. The first-order chi connectivity index (χ1) is 18.3. The van der Waals surface area contributed by atoms with Gasteiger partial charge in [-0.15, -0.1) is 0 Å². The number of benzene rings is 2. The fourth-order valence-electron chi connectivity index (χ4n) is 4.97. The average molecular weight is 563 g/mol. The molecule has 0 radical (unpaired) electrons. The fraction of sp³-hybridized carbons (Fsp3) is 0.429. The van der Waals surface area contributed by atoms with Crippen molar-refractivity contribution in [2.24, 2.45) is 5.73 Å². The summed E-state index contributed by atoms with van der Waals surface area (Å²) in [4.78, 5) is 0.111. The van der Waals surface area contributed by atoms with Crippen molar-refractivity contribution in [1.82, 2.24) is 4.57 Å². The summed E-state index contributed by atoms with van der Waals surface area (Å²) in [7, 11) is -1.99. The number of ether oxygens (including phenoxy) is 1. The lowest BCUT2D eigenvalue weighted by molar-refractivity contribution is -0.140. The number of alkyl halides is 3. The molecule has 210 valence electrons. The first-order valence-electron chi connectivity index (χ1n) is 12.6. The molecule has 4 N–H and O–H groups in total. The van der Waals surface area contributed by atoms with Crippen LogP contribution in [0, 0.1) is 11.8 Å². The molecule has 2 atom stereocenters. The van der Waals surface area contributed by atoms with E-state index < -0.39 is 28.1 Å². The van der Waals surface area contributed by atoms with Crippen molar-refractivity contribution < 1.29 is 26.3 Å². The van der Waals surface area contributed by atoms with Crippen LogP contribution in [0.3, 0.4) is 0 Å². The quantitative estimate of drug-likeness (QED) is 0.345. The Morgan fingerprint density at radius 1 is 1.18 bits per heavy atom. The van der Waals surface area contributed by atoms with Crippen molar-refractivity contribution >= 4 is 32.1 Å². The number of nitrogens with one attached hydrogen (secondary N) is 2. The predicted octanol–water partition coefficient (Wildman–Crippen LogP) is 5.15. The van der Waals surface area contributed by atoms with E-state index in [-0.39, 0.29) is 23.2 Å². The van der Waals surface area contributed by atoms with Crippen molar-refractivity contribution in [2.75, 3.05) is 30.5 Å². The Morgan fingerprint density at radius 2 is 1.95 bits per heavy atom. The van der Waals surface area contributed by atoms with Gasteiger partial charge in [-0.25, -0.2) is 8.42 Å². The minimum atomic E-state index is -4.43. The minimum absolute atomic E-state index is 0.00520. The lowest BCUT2D eigenvalue weighted by atomic mass is 9.79. The van der Waals surface area contributed by atoms with Crippen molar-refractivity contribution in [3.8, 4) is 17.6 Å². The highest BCUT2D eigenvalue weighted by atomic mass is 32.2. The average Bonchev–Trinajstić information content (AvgIpc) is 3.19. The number of fused-ring (bicyclic) bond motifs is 1. The Labute approximate surface area is 226 Å². The molecule has 1 heterocycles. The van der Waals surface area contributed by atoms with Gasteiger partial charge in [0.05, 0.1) is 35.4 Å². The second-order valence-electron chi connectivity index (χ2n) is 10.2. The van der Waals surface area contributed by atoms with Crippen LogP contribution in [0.25, 0.3) is 10.9 Å². The summed E-state index contributed by atoms with van der Waals surface area (Å²) in [5.41, 5.74) is 8.02. The van der Waals surface area contributed by atoms with Gasteiger partial charge < -0.3 is 25.7 Å². The van der Waals surface area contributed by atoms with Crippen LogP contribution >= 0.6 is 0 Å². The van der Waals surface area contributed by atoms with Gasteiger partial charge in [-0.05, 0) is 56.0 Å². The van der Waals surface area contributed by atoms with Gasteiger partial charge in [-0.2, -0.15) is 13.2 Å². The van der Waals surface area contributed by atoms with Crippen LogP contribution in [0.15, 0.2) is 47.4 Å². The smallest absolute Gasteiger partial charge is 0.406 e. The van der Waals surface area contributed by atoms with E-state index in [2.05, 4.69) is 22.5 Å². The number of anilines is 2. The summed E-state index contributed by atoms with van der Waals surface area (Å²) >= 11 is 0. The van der Waals surface area contributed by atoms with Gasteiger partial charge in [0.25, 0.3) is 0 Å². The highest BCUT2D eigenvalue weighted by molar-refractivity contribution is 7.90. The van der Waals surface area contributed by atoms with E-state index in [1.165, 1.54) is 23.8 Å². The van der Waals surface area contributed by atoms with Crippen molar-refractivity contribution in [3.05, 3.63) is 48.2 Å². The highest BCUT2D eigenvalue weighted by Gasteiger charge is 2.34. The van der Waals surface area contributed by atoms with Gasteiger partial charge in [0, 0.05) is 35.0 Å². The number of rotatable bonds is 7. The molecule has 0 amide bonds. The number of sulfone groups is 1. The van der Waals surface area contributed by atoms with Crippen LogP contribution in [0.4, 0.5) is 24.5 Å². The third-order valence-corrected chi connectivity index (χ3v) is 8.16. The zero-order valence-electron chi connectivity index (χ0n) is 22.2. The van der Waals surface area contributed by atoms with Gasteiger partial charge in [-0.1, -0.05) is 24.8 Å². The summed E-state index contributed by atoms with van der Waals surface area (Å²) in [6.45, 7) is 0.934. The third-order valence-electron chi connectivity index (χ3n) is 7.05. The van der Waals surface area contributed by atoms with Gasteiger partial charge in [0.1, 0.15) is 12.3 Å². The largest absolute Gasteiger partial charge is 0.495 e.